The van der Waals surface area contributed by atoms with E-state index in [1.165, 1.54) is 42.5 Å². The lowest BCUT2D eigenvalue weighted by molar-refractivity contribution is -0.114. The van der Waals surface area contributed by atoms with Crippen LogP contribution >= 0.6 is 23.2 Å². The molecule has 0 unspecified atom stereocenters. The quantitative estimate of drug-likeness (QED) is 0.544. The largest absolute Gasteiger partial charge is 0.320 e. The van der Waals surface area contributed by atoms with Gasteiger partial charge in [-0.1, -0.05) is 47.5 Å². The van der Waals surface area contributed by atoms with Crippen molar-refractivity contribution in [2.45, 2.75) is 4.90 Å². The van der Waals surface area contributed by atoms with Crippen LogP contribution < -0.4 is 9.62 Å². The molecule has 0 atom stereocenters. The SMILES string of the molecule is O=C(CN(c1ccc(Cl)cc1Cl)S(=O)(=O)c1ccccc1)Nc1c(F)cccc1F. The average Bonchev–Trinajstić information content (AvgIpc) is 2.70. The lowest BCUT2D eigenvalue weighted by Crippen LogP contribution is -2.38. The zero-order valence-corrected chi connectivity index (χ0v) is 17.5. The lowest BCUT2D eigenvalue weighted by Gasteiger charge is -2.25. The molecule has 0 spiro atoms. The highest BCUT2D eigenvalue weighted by Gasteiger charge is 2.29. The van der Waals surface area contributed by atoms with Crippen LogP contribution in [0.3, 0.4) is 0 Å². The number of hydrogen-bond acceptors (Lipinski definition) is 3. The van der Waals surface area contributed by atoms with Crippen molar-refractivity contribution in [3.63, 3.8) is 0 Å². The zero-order chi connectivity index (χ0) is 21.9. The van der Waals surface area contributed by atoms with Gasteiger partial charge in [0.2, 0.25) is 5.91 Å². The monoisotopic (exact) mass is 470 g/mol. The predicted molar refractivity (Wildman–Crippen MR) is 112 cm³/mol. The number of halogens is 4. The number of para-hydroxylation sites is 1. The molecule has 5 nitrogen and oxygen atoms in total. The van der Waals surface area contributed by atoms with Gasteiger partial charge in [-0.15, -0.1) is 0 Å². The highest BCUT2D eigenvalue weighted by Crippen LogP contribution is 2.32. The Morgan fingerprint density at radius 1 is 0.933 bits per heavy atom. The summed E-state index contributed by atoms with van der Waals surface area (Å²) in [7, 11) is -4.24. The van der Waals surface area contributed by atoms with Crippen molar-refractivity contribution in [1.82, 2.24) is 0 Å². The van der Waals surface area contributed by atoms with Gasteiger partial charge in [0.25, 0.3) is 10.0 Å². The summed E-state index contributed by atoms with van der Waals surface area (Å²) in [5.74, 6) is -2.96. The summed E-state index contributed by atoms with van der Waals surface area (Å²) < 4.78 is 54.9. The number of amides is 1. The van der Waals surface area contributed by atoms with E-state index in [0.29, 0.717) is 0 Å². The molecule has 0 radical (unpaired) electrons. The smallest absolute Gasteiger partial charge is 0.264 e. The Kier molecular flexibility index (Phi) is 6.60. The topological polar surface area (TPSA) is 66.5 Å². The molecule has 1 amide bonds. The molecule has 3 rings (SSSR count). The number of carbonyl (C=O) groups excluding carboxylic acids is 1. The molecule has 0 aliphatic rings. The van der Waals surface area contributed by atoms with Crippen LogP contribution in [-0.2, 0) is 14.8 Å². The van der Waals surface area contributed by atoms with Gasteiger partial charge in [0.1, 0.15) is 23.9 Å². The number of carbonyl (C=O) groups is 1. The van der Waals surface area contributed by atoms with Gasteiger partial charge in [0.05, 0.1) is 15.6 Å². The highest BCUT2D eigenvalue weighted by molar-refractivity contribution is 7.92. The lowest BCUT2D eigenvalue weighted by atomic mass is 10.3. The van der Waals surface area contributed by atoms with Crippen LogP contribution in [0, 0.1) is 11.6 Å². The highest BCUT2D eigenvalue weighted by atomic mass is 35.5. The number of anilines is 2. The second-order valence-electron chi connectivity index (χ2n) is 6.07. The van der Waals surface area contributed by atoms with Crippen LogP contribution in [0.4, 0.5) is 20.2 Å². The van der Waals surface area contributed by atoms with Gasteiger partial charge in [-0.25, -0.2) is 17.2 Å². The van der Waals surface area contributed by atoms with Crippen LogP contribution in [0.15, 0.2) is 71.6 Å². The third-order valence-electron chi connectivity index (χ3n) is 4.02. The van der Waals surface area contributed by atoms with Crippen molar-refractivity contribution in [2.75, 3.05) is 16.2 Å². The molecule has 1 N–H and O–H groups in total. The number of nitrogens with one attached hydrogen (secondary N) is 1. The average molecular weight is 471 g/mol. The van der Waals surface area contributed by atoms with Crippen LogP contribution in [-0.4, -0.2) is 20.9 Å². The Labute approximate surface area is 181 Å². The van der Waals surface area contributed by atoms with E-state index in [1.54, 1.807) is 6.07 Å². The molecule has 0 aliphatic carbocycles. The summed E-state index contributed by atoms with van der Waals surface area (Å²) in [5, 5.41) is 2.31. The second kappa shape index (κ2) is 8.99. The molecule has 156 valence electrons. The molecule has 0 fully saturated rings. The van der Waals surface area contributed by atoms with Gasteiger partial charge in [0.15, 0.2) is 0 Å². The standard InChI is InChI=1S/C20H14Cl2F2N2O3S/c21-13-9-10-18(15(22)11-13)26(30(28,29)14-5-2-1-3-6-14)12-19(27)25-20-16(23)7-4-8-17(20)24/h1-11H,12H2,(H,25,27). The first-order valence-corrected chi connectivity index (χ1v) is 10.7. The molecule has 0 aromatic heterocycles. The van der Waals surface area contributed by atoms with Crippen LogP contribution in [0.2, 0.25) is 10.0 Å². The Morgan fingerprint density at radius 3 is 2.17 bits per heavy atom. The number of nitrogens with zero attached hydrogens (tertiary/aromatic N) is 1. The fraction of sp³-hybridized carbons (Fsp3) is 0.0500. The molecular weight excluding hydrogens is 457 g/mol. The Morgan fingerprint density at radius 2 is 1.57 bits per heavy atom. The van der Waals surface area contributed by atoms with Gasteiger partial charge in [-0.05, 0) is 42.5 Å². The van der Waals surface area contributed by atoms with E-state index in [-0.39, 0.29) is 20.6 Å². The van der Waals surface area contributed by atoms with Crippen molar-refractivity contribution in [3.05, 3.63) is 88.4 Å². The molecule has 30 heavy (non-hydrogen) atoms. The molecule has 0 aliphatic heterocycles. The van der Waals surface area contributed by atoms with E-state index < -0.39 is 39.8 Å². The summed E-state index contributed by atoms with van der Waals surface area (Å²) in [6, 6.07) is 14.5. The first-order valence-electron chi connectivity index (χ1n) is 8.47. The van der Waals surface area contributed by atoms with Crippen molar-refractivity contribution >= 4 is 50.5 Å². The number of hydrogen-bond donors (Lipinski definition) is 1. The third kappa shape index (κ3) is 4.72. The van der Waals surface area contributed by atoms with E-state index in [1.807, 2.05) is 0 Å². The molecule has 0 saturated heterocycles. The normalized spacial score (nSPS) is 11.2. The van der Waals surface area contributed by atoms with Crippen LogP contribution in [0.1, 0.15) is 0 Å². The first kappa shape index (κ1) is 22.0. The summed E-state index contributed by atoms with van der Waals surface area (Å²) in [6.07, 6.45) is 0. The molecular formula is C20H14Cl2F2N2O3S. The molecule has 0 bridgehead atoms. The van der Waals surface area contributed by atoms with Gasteiger partial charge < -0.3 is 5.32 Å². The maximum Gasteiger partial charge on any atom is 0.264 e. The van der Waals surface area contributed by atoms with Crippen LogP contribution in [0.25, 0.3) is 0 Å². The molecule has 0 saturated carbocycles. The van der Waals surface area contributed by atoms with Crippen molar-refractivity contribution in [1.29, 1.82) is 0 Å². The van der Waals surface area contributed by atoms with E-state index in [0.717, 1.165) is 22.5 Å². The predicted octanol–water partition coefficient (Wildman–Crippen LogP) is 5.11. The summed E-state index contributed by atoms with van der Waals surface area (Å²) in [6.45, 7) is -0.785. The second-order valence-corrected chi connectivity index (χ2v) is 8.77. The van der Waals surface area contributed by atoms with E-state index in [2.05, 4.69) is 5.32 Å². The Bertz CT molecular complexity index is 1170. The minimum atomic E-state index is -4.24. The summed E-state index contributed by atoms with van der Waals surface area (Å²) in [4.78, 5) is 12.4. The molecule has 3 aromatic carbocycles. The minimum absolute atomic E-state index is 0.0194. The van der Waals surface area contributed by atoms with E-state index >= 15 is 0 Å². The number of rotatable bonds is 6. The van der Waals surface area contributed by atoms with Crippen molar-refractivity contribution < 1.29 is 22.0 Å². The maximum atomic E-state index is 13.9. The van der Waals surface area contributed by atoms with Crippen LogP contribution in [0.5, 0.6) is 0 Å². The summed E-state index contributed by atoms with van der Waals surface area (Å²) in [5.41, 5.74) is -0.698. The Hall–Kier alpha value is -2.68. The van der Waals surface area contributed by atoms with E-state index in [4.69, 9.17) is 23.2 Å². The number of benzene rings is 3. The molecule has 10 heteroatoms. The molecule has 3 aromatic rings. The van der Waals surface area contributed by atoms with Gasteiger partial charge in [-0.2, -0.15) is 0 Å². The minimum Gasteiger partial charge on any atom is -0.320 e. The molecule has 0 heterocycles. The zero-order valence-electron chi connectivity index (χ0n) is 15.2. The fourth-order valence-electron chi connectivity index (χ4n) is 2.63. The fourth-order valence-corrected chi connectivity index (χ4v) is 4.65. The maximum absolute atomic E-state index is 13.9. The van der Waals surface area contributed by atoms with Crippen molar-refractivity contribution in [2.24, 2.45) is 0 Å². The Balaban J connectivity index is 2.01. The van der Waals surface area contributed by atoms with E-state index in [9.17, 15) is 22.0 Å². The van der Waals surface area contributed by atoms with Gasteiger partial charge in [-0.3, -0.25) is 9.10 Å². The third-order valence-corrected chi connectivity index (χ3v) is 6.34. The van der Waals surface area contributed by atoms with Crippen molar-refractivity contribution in [3.8, 4) is 0 Å². The van der Waals surface area contributed by atoms with Gasteiger partial charge >= 0.3 is 0 Å². The number of sulfonamides is 1. The summed E-state index contributed by atoms with van der Waals surface area (Å²) >= 11 is 12.1. The van der Waals surface area contributed by atoms with Gasteiger partial charge in [0, 0.05) is 5.02 Å². The first-order chi connectivity index (χ1) is 14.2.